The molecule has 0 aliphatic rings. The van der Waals surface area contributed by atoms with Crippen molar-refractivity contribution in [2.75, 3.05) is 18.4 Å². The summed E-state index contributed by atoms with van der Waals surface area (Å²) in [5.74, 6) is 0. The maximum atomic E-state index is 5.51. The third-order valence-corrected chi connectivity index (χ3v) is 3.21. The van der Waals surface area contributed by atoms with Crippen LogP contribution in [0.25, 0.3) is 5.69 Å². The van der Waals surface area contributed by atoms with E-state index >= 15 is 0 Å². The van der Waals surface area contributed by atoms with Crippen molar-refractivity contribution in [2.45, 2.75) is 13.3 Å². The summed E-state index contributed by atoms with van der Waals surface area (Å²) in [6.45, 7) is 3.50. The van der Waals surface area contributed by atoms with Gasteiger partial charge in [0.2, 0.25) is 0 Å². The molecule has 0 bridgehead atoms. The third-order valence-electron chi connectivity index (χ3n) is 2.72. The molecule has 2 rings (SSSR count). The van der Waals surface area contributed by atoms with Crippen LogP contribution >= 0.6 is 15.9 Å². The Morgan fingerprint density at radius 3 is 2.94 bits per heavy atom. The molecule has 4 nitrogen and oxygen atoms in total. The first-order valence-electron chi connectivity index (χ1n) is 6.03. The molecule has 1 heterocycles. The molecule has 3 N–H and O–H groups in total. The second kappa shape index (κ2) is 6.02. The fourth-order valence-electron chi connectivity index (χ4n) is 1.90. The highest BCUT2D eigenvalue weighted by Crippen LogP contribution is 2.21. The number of nitrogens with one attached hydrogen (secondary N) is 1. The number of hydrogen-bond acceptors (Lipinski definition) is 3. The summed E-state index contributed by atoms with van der Waals surface area (Å²) in [5, 5.41) is 7.74. The summed E-state index contributed by atoms with van der Waals surface area (Å²) in [7, 11) is 0. The van der Waals surface area contributed by atoms with Crippen LogP contribution in [0.1, 0.15) is 12.6 Å². The van der Waals surface area contributed by atoms with E-state index in [0.717, 1.165) is 28.8 Å². The topological polar surface area (TPSA) is 55.9 Å². The van der Waals surface area contributed by atoms with Crippen LogP contribution in [0.4, 0.5) is 5.69 Å². The number of anilines is 1. The molecule has 0 atom stereocenters. The number of hydrogen-bond donors (Lipinski definition) is 2. The Balaban J connectivity index is 2.36. The van der Waals surface area contributed by atoms with E-state index in [1.165, 1.54) is 5.69 Å². The number of halogens is 1. The molecule has 0 radical (unpaired) electrons. The fourth-order valence-corrected chi connectivity index (χ4v) is 2.29. The zero-order valence-electron chi connectivity index (χ0n) is 10.4. The van der Waals surface area contributed by atoms with E-state index in [4.69, 9.17) is 5.73 Å². The molecule has 0 saturated heterocycles. The summed E-state index contributed by atoms with van der Waals surface area (Å²) in [6.07, 6.45) is 2.77. The molecule has 0 spiro atoms. The van der Waals surface area contributed by atoms with Gasteiger partial charge >= 0.3 is 0 Å². The summed E-state index contributed by atoms with van der Waals surface area (Å²) < 4.78 is 3.01. The zero-order valence-corrected chi connectivity index (χ0v) is 11.9. The molecule has 96 valence electrons. The van der Waals surface area contributed by atoms with Gasteiger partial charge in [0.25, 0.3) is 0 Å². The van der Waals surface area contributed by atoms with Crippen molar-refractivity contribution in [2.24, 2.45) is 5.73 Å². The van der Waals surface area contributed by atoms with Crippen molar-refractivity contribution < 1.29 is 0 Å². The quantitative estimate of drug-likeness (QED) is 0.892. The number of nitrogens with zero attached hydrogens (tertiary/aromatic N) is 2. The Labute approximate surface area is 115 Å². The van der Waals surface area contributed by atoms with Crippen molar-refractivity contribution in [3.05, 3.63) is 40.6 Å². The van der Waals surface area contributed by atoms with E-state index in [2.05, 4.69) is 39.3 Å². The van der Waals surface area contributed by atoms with E-state index in [0.29, 0.717) is 6.54 Å². The molecule has 0 amide bonds. The second-order valence-electron chi connectivity index (χ2n) is 3.97. The molecule has 0 aliphatic heterocycles. The average Bonchev–Trinajstić information content (AvgIpc) is 2.79. The van der Waals surface area contributed by atoms with Crippen LogP contribution < -0.4 is 11.1 Å². The lowest BCUT2D eigenvalue weighted by Gasteiger charge is -2.09. The lowest BCUT2D eigenvalue weighted by molar-refractivity contribution is 0.813. The van der Waals surface area contributed by atoms with E-state index in [1.54, 1.807) is 0 Å². The first-order chi connectivity index (χ1) is 8.76. The van der Waals surface area contributed by atoms with Gasteiger partial charge in [0.05, 0.1) is 23.3 Å². The summed E-state index contributed by atoms with van der Waals surface area (Å²) >= 11 is 3.48. The smallest absolute Gasteiger partial charge is 0.0764 e. The lowest BCUT2D eigenvalue weighted by Crippen LogP contribution is -2.14. The van der Waals surface area contributed by atoms with Crippen molar-refractivity contribution in [3.63, 3.8) is 0 Å². The first-order valence-corrected chi connectivity index (χ1v) is 6.82. The Morgan fingerprint density at radius 2 is 2.28 bits per heavy atom. The predicted octanol–water partition coefficient (Wildman–Crippen LogP) is 2.57. The zero-order chi connectivity index (χ0) is 13.0. The summed E-state index contributed by atoms with van der Waals surface area (Å²) in [5.41, 5.74) is 8.79. The standard InChI is InChI=1S/C13H17BrN4/c1-2-13-12(16-7-6-15)9-17-18(13)11-5-3-4-10(14)8-11/h3-5,8-9,16H,2,6-7,15H2,1H3. The number of rotatable bonds is 5. The van der Waals surface area contributed by atoms with Crippen molar-refractivity contribution in [1.82, 2.24) is 9.78 Å². The summed E-state index contributed by atoms with van der Waals surface area (Å²) in [6, 6.07) is 8.11. The molecule has 1 aromatic carbocycles. The van der Waals surface area contributed by atoms with Crippen LogP contribution in [0, 0.1) is 0 Å². The van der Waals surface area contributed by atoms with E-state index in [9.17, 15) is 0 Å². The largest absolute Gasteiger partial charge is 0.381 e. The third kappa shape index (κ3) is 2.73. The first kappa shape index (κ1) is 13.1. The number of aromatic nitrogens is 2. The maximum Gasteiger partial charge on any atom is 0.0764 e. The van der Waals surface area contributed by atoms with Crippen LogP contribution in [0.3, 0.4) is 0 Å². The Hall–Kier alpha value is -1.33. The molecule has 18 heavy (non-hydrogen) atoms. The molecule has 0 unspecified atom stereocenters. The van der Waals surface area contributed by atoms with Crippen LogP contribution in [-0.4, -0.2) is 22.9 Å². The summed E-state index contributed by atoms with van der Waals surface area (Å²) in [4.78, 5) is 0. The minimum absolute atomic E-state index is 0.616. The van der Waals surface area contributed by atoms with Gasteiger partial charge in [-0.15, -0.1) is 0 Å². The molecule has 1 aromatic heterocycles. The van der Waals surface area contributed by atoms with Crippen LogP contribution in [0.2, 0.25) is 0 Å². The number of nitrogens with two attached hydrogens (primary N) is 1. The van der Waals surface area contributed by atoms with Crippen molar-refractivity contribution in [3.8, 4) is 5.69 Å². The van der Waals surface area contributed by atoms with Gasteiger partial charge in [0.15, 0.2) is 0 Å². The molecule has 0 saturated carbocycles. The Morgan fingerprint density at radius 1 is 1.44 bits per heavy atom. The van der Waals surface area contributed by atoms with Gasteiger partial charge in [-0.25, -0.2) is 4.68 Å². The maximum absolute atomic E-state index is 5.51. The average molecular weight is 309 g/mol. The Kier molecular flexibility index (Phi) is 4.38. The van der Waals surface area contributed by atoms with Gasteiger partial charge in [-0.1, -0.05) is 28.9 Å². The second-order valence-corrected chi connectivity index (χ2v) is 4.88. The highest BCUT2D eigenvalue weighted by atomic mass is 79.9. The molecular formula is C13H17BrN4. The lowest BCUT2D eigenvalue weighted by atomic mass is 10.2. The van der Waals surface area contributed by atoms with Crippen LogP contribution in [-0.2, 0) is 6.42 Å². The van der Waals surface area contributed by atoms with E-state index in [-0.39, 0.29) is 0 Å². The van der Waals surface area contributed by atoms with Crippen molar-refractivity contribution in [1.29, 1.82) is 0 Å². The highest BCUT2D eigenvalue weighted by Gasteiger charge is 2.10. The molecule has 2 aromatic rings. The van der Waals surface area contributed by atoms with Gasteiger partial charge < -0.3 is 11.1 Å². The van der Waals surface area contributed by atoms with Gasteiger partial charge in [0, 0.05) is 17.6 Å². The Bertz CT molecular complexity index is 521. The van der Waals surface area contributed by atoms with Crippen LogP contribution in [0.5, 0.6) is 0 Å². The molecule has 0 fully saturated rings. The highest BCUT2D eigenvalue weighted by molar-refractivity contribution is 9.10. The minimum atomic E-state index is 0.616. The van der Waals surface area contributed by atoms with Gasteiger partial charge in [-0.05, 0) is 24.6 Å². The van der Waals surface area contributed by atoms with Gasteiger partial charge in [0.1, 0.15) is 0 Å². The minimum Gasteiger partial charge on any atom is -0.381 e. The SMILES string of the molecule is CCc1c(NCCN)cnn1-c1cccc(Br)c1. The van der Waals surface area contributed by atoms with Crippen molar-refractivity contribution >= 4 is 21.6 Å². The van der Waals surface area contributed by atoms with Gasteiger partial charge in [-0.3, -0.25) is 0 Å². The fraction of sp³-hybridized carbons (Fsp3) is 0.308. The van der Waals surface area contributed by atoms with Gasteiger partial charge in [-0.2, -0.15) is 5.10 Å². The normalized spacial score (nSPS) is 10.6. The molecular weight excluding hydrogens is 292 g/mol. The molecule has 0 aliphatic carbocycles. The number of benzene rings is 1. The predicted molar refractivity (Wildman–Crippen MR) is 78.2 cm³/mol. The van der Waals surface area contributed by atoms with Crippen LogP contribution in [0.15, 0.2) is 34.9 Å². The monoisotopic (exact) mass is 308 g/mol. The molecule has 5 heteroatoms. The van der Waals surface area contributed by atoms with E-state index < -0.39 is 0 Å². The van der Waals surface area contributed by atoms with E-state index in [1.807, 2.05) is 29.1 Å².